The largest absolute Gasteiger partial charge is 0.394 e. The van der Waals surface area contributed by atoms with Crippen molar-refractivity contribution in [3.05, 3.63) is 95.6 Å². The van der Waals surface area contributed by atoms with Crippen LogP contribution in [0.4, 0.5) is 0 Å². The average molecular weight is 669 g/mol. The second kappa shape index (κ2) is 16.2. The highest BCUT2D eigenvalue weighted by Crippen LogP contribution is 2.66. The number of carbonyl (C=O) groups excluding carboxylic acids is 1. The maximum Gasteiger partial charge on any atom is 0.394 e. The van der Waals surface area contributed by atoms with Crippen molar-refractivity contribution in [2.75, 3.05) is 0 Å². The van der Waals surface area contributed by atoms with Crippen LogP contribution >= 0.6 is 0 Å². The van der Waals surface area contributed by atoms with Gasteiger partial charge in [-0.25, -0.2) is 0 Å². The first kappa shape index (κ1) is 38.8. The van der Waals surface area contributed by atoms with E-state index in [2.05, 4.69) is 51.1 Å². The summed E-state index contributed by atoms with van der Waals surface area (Å²) in [6, 6.07) is 21.1. The topological polar surface area (TPSA) is 164 Å². The lowest BCUT2D eigenvalue weighted by atomic mass is 9.47. The van der Waals surface area contributed by atoms with Crippen molar-refractivity contribution in [1.29, 1.82) is 0 Å². The summed E-state index contributed by atoms with van der Waals surface area (Å²) in [5, 5.41) is 10.9. The van der Waals surface area contributed by atoms with Gasteiger partial charge in [0.15, 0.2) is 5.78 Å². The Kier molecular flexibility index (Phi) is 13.3. The van der Waals surface area contributed by atoms with Crippen molar-refractivity contribution in [3.8, 4) is 0 Å². The molecule has 0 aliphatic heterocycles. The lowest BCUT2D eigenvalue weighted by Gasteiger charge is -2.57. The lowest BCUT2D eigenvalue weighted by molar-refractivity contribution is -0.114. The summed E-state index contributed by atoms with van der Waals surface area (Å²) in [5.41, 5.74) is 14.9. The summed E-state index contributed by atoms with van der Waals surface area (Å²) in [4.78, 5) is 11.7. The third-order valence-corrected chi connectivity index (χ3v) is 10.9. The van der Waals surface area contributed by atoms with Crippen LogP contribution in [0, 0.1) is 28.6 Å². The molecular formula is C38H56N2O6S. The molecule has 2 aromatic carbocycles. The second-order valence-electron chi connectivity index (χ2n) is 14.7. The average Bonchev–Trinajstić information content (AvgIpc) is 3.22. The van der Waals surface area contributed by atoms with Crippen LogP contribution in [0.25, 0.3) is 0 Å². The third-order valence-electron chi connectivity index (χ3n) is 10.9. The maximum atomic E-state index is 11.7. The molecule has 0 heterocycles. The number of carbonyl (C=O) groups is 1. The van der Waals surface area contributed by atoms with Crippen LogP contribution in [0.15, 0.2) is 84.5 Å². The fourth-order valence-electron chi connectivity index (χ4n) is 8.41. The smallest absolute Gasteiger partial charge is 0.390 e. The molecule has 0 saturated heterocycles. The van der Waals surface area contributed by atoms with Gasteiger partial charge in [0.05, 0.1) is 5.60 Å². The number of nitrogens with two attached hydrogens (primary N) is 2. The van der Waals surface area contributed by atoms with E-state index in [-0.39, 0.29) is 28.7 Å². The van der Waals surface area contributed by atoms with Gasteiger partial charge in [-0.3, -0.25) is 13.9 Å². The normalized spacial score (nSPS) is 31.8. The minimum Gasteiger partial charge on any atom is -0.390 e. The molecule has 3 fully saturated rings. The summed E-state index contributed by atoms with van der Waals surface area (Å²) >= 11 is 0. The number of hydrogen-bond acceptors (Lipinski definition) is 6. The van der Waals surface area contributed by atoms with Crippen LogP contribution in [-0.2, 0) is 28.0 Å². The van der Waals surface area contributed by atoms with Crippen LogP contribution in [0.2, 0.25) is 0 Å². The molecule has 0 spiro atoms. The molecule has 260 valence electrons. The van der Waals surface area contributed by atoms with E-state index in [0.717, 1.165) is 32.1 Å². The highest BCUT2D eigenvalue weighted by atomic mass is 32.3. The molecule has 0 amide bonds. The first-order valence-corrected chi connectivity index (χ1v) is 18.2. The molecule has 3 saturated carbocycles. The Labute approximate surface area is 282 Å². The summed E-state index contributed by atoms with van der Waals surface area (Å²) in [6.45, 7) is 10.8. The predicted octanol–water partition coefficient (Wildman–Crippen LogP) is 6.55. The zero-order valence-electron chi connectivity index (χ0n) is 28.7. The summed E-state index contributed by atoms with van der Waals surface area (Å²) in [5.74, 6) is 2.15. The molecule has 2 aromatic rings. The Balaban J connectivity index is 0.000000200. The number of aliphatic hydroxyl groups is 1. The Bertz CT molecular complexity index is 1420. The SMILES string of the molecule is C[C@H](N)Cc1ccccc1.C[C@H](N)Cc1ccccc1.C[C@]12C=CC(=O)C=C1CC[C@@H]1[C@@H]2CC[C@@]2(C)[C@H]1CC[C@]2(C)O.O=S(=O)(O)O. The van der Waals surface area contributed by atoms with Crippen LogP contribution in [-0.4, -0.2) is 46.1 Å². The fraction of sp³-hybridized carbons (Fsp3) is 0.553. The van der Waals surface area contributed by atoms with Gasteiger partial charge >= 0.3 is 10.4 Å². The summed E-state index contributed by atoms with van der Waals surface area (Å²) in [6.07, 6.45) is 14.5. The van der Waals surface area contributed by atoms with Gasteiger partial charge in [-0.1, -0.05) is 86.2 Å². The van der Waals surface area contributed by atoms with E-state index in [1.165, 1.54) is 36.0 Å². The van der Waals surface area contributed by atoms with Crippen molar-refractivity contribution in [1.82, 2.24) is 0 Å². The second-order valence-corrected chi connectivity index (χ2v) is 15.5. The minimum absolute atomic E-state index is 0.0760. The summed E-state index contributed by atoms with van der Waals surface area (Å²) < 4.78 is 31.6. The van der Waals surface area contributed by atoms with Gasteiger partial charge in [-0.15, -0.1) is 0 Å². The van der Waals surface area contributed by atoms with Crippen LogP contribution in [0.1, 0.15) is 84.3 Å². The van der Waals surface area contributed by atoms with Crippen molar-refractivity contribution in [2.24, 2.45) is 40.1 Å². The van der Waals surface area contributed by atoms with Crippen molar-refractivity contribution >= 4 is 16.2 Å². The molecule has 7 N–H and O–H groups in total. The number of fused-ring (bicyclic) bond motifs is 5. The molecule has 47 heavy (non-hydrogen) atoms. The van der Waals surface area contributed by atoms with E-state index in [1.807, 2.05) is 56.3 Å². The predicted molar refractivity (Wildman–Crippen MR) is 189 cm³/mol. The number of ketones is 1. The van der Waals surface area contributed by atoms with Gasteiger partial charge < -0.3 is 16.6 Å². The number of allylic oxidation sites excluding steroid dienone is 4. The van der Waals surface area contributed by atoms with Gasteiger partial charge in [-0.05, 0) is 119 Å². The Hall–Kier alpha value is -2.66. The molecule has 0 unspecified atom stereocenters. The number of rotatable bonds is 4. The van der Waals surface area contributed by atoms with Crippen LogP contribution in [0.5, 0.6) is 0 Å². The van der Waals surface area contributed by atoms with Gasteiger partial charge in [0.2, 0.25) is 0 Å². The van der Waals surface area contributed by atoms with Gasteiger partial charge in [0, 0.05) is 17.5 Å². The first-order chi connectivity index (χ1) is 21.9. The lowest BCUT2D eigenvalue weighted by Crippen LogP contribution is -2.53. The van der Waals surface area contributed by atoms with Gasteiger partial charge in [-0.2, -0.15) is 8.42 Å². The zero-order chi connectivity index (χ0) is 35.0. The first-order valence-electron chi connectivity index (χ1n) is 16.8. The maximum absolute atomic E-state index is 11.7. The van der Waals surface area contributed by atoms with Gasteiger partial charge in [0.25, 0.3) is 0 Å². The molecule has 4 aliphatic rings. The van der Waals surface area contributed by atoms with Crippen LogP contribution < -0.4 is 11.5 Å². The van der Waals surface area contributed by atoms with Gasteiger partial charge in [0.1, 0.15) is 0 Å². The number of benzene rings is 2. The van der Waals surface area contributed by atoms with Crippen molar-refractivity contribution in [2.45, 2.75) is 104 Å². The van der Waals surface area contributed by atoms with E-state index in [0.29, 0.717) is 17.8 Å². The molecule has 0 aromatic heterocycles. The van der Waals surface area contributed by atoms with E-state index >= 15 is 0 Å². The standard InChI is InChI=1S/C20H28O2.2C9H13N.H2O4S/c1-18-9-6-14(21)12-13(18)4-5-15-16(18)7-10-19(2)17(15)8-11-20(19,3)22;2*1-8(10)7-9-5-3-2-4-6-9;1-5(2,3)4/h6,9,12,15-17,22H,4-5,7-8,10-11H2,1-3H3;2*2-6,8H,7,10H2,1H3;(H2,1,2,3,4)/t15-,16+,17+,18+,19+,20+;2*8-;/m100./s1. The van der Waals surface area contributed by atoms with Crippen molar-refractivity contribution < 1.29 is 27.4 Å². The molecular weight excluding hydrogens is 612 g/mol. The molecule has 0 radical (unpaired) electrons. The third kappa shape index (κ3) is 10.7. The van der Waals surface area contributed by atoms with Crippen LogP contribution in [0.3, 0.4) is 0 Å². The monoisotopic (exact) mass is 668 g/mol. The Morgan fingerprint density at radius 1 is 0.809 bits per heavy atom. The molecule has 8 atom stereocenters. The van der Waals surface area contributed by atoms with E-state index in [9.17, 15) is 9.90 Å². The molecule has 9 heteroatoms. The molecule has 6 rings (SSSR count). The molecule has 8 nitrogen and oxygen atoms in total. The van der Waals surface area contributed by atoms with E-state index in [4.69, 9.17) is 29.0 Å². The Morgan fingerprint density at radius 3 is 1.74 bits per heavy atom. The number of hydrogen-bond donors (Lipinski definition) is 5. The summed E-state index contributed by atoms with van der Waals surface area (Å²) in [7, 11) is -4.67. The molecule has 0 bridgehead atoms. The van der Waals surface area contributed by atoms with Crippen molar-refractivity contribution in [3.63, 3.8) is 0 Å². The molecule has 4 aliphatic carbocycles. The quantitative estimate of drug-likeness (QED) is 0.229. The highest BCUT2D eigenvalue weighted by Gasteiger charge is 2.62. The van der Waals surface area contributed by atoms with E-state index < -0.39 is 16.0 Å². The Morgan fingerprint density at radius 2 is 1.28 bits per heavy atom. The highest BCUT2D eigenvalue weighted by molar-refractivity contribution is 7.79. The fourth-order valence-corrected chi connectivity index (χ4v) is 8.41. The van der Waals surface area contributed by atoms with E-state index in [1.54, 1.807) is 6.08 Å². The minimum atomic E-state index is -4.67. The zero-order valence-corrected chi connectivity index (χ0v) is 29.5.